The molecule has 0 atom stereocenters. The van der Waals surface area contributed by atoms with Crippen LogP contribution in [0.15, 0.2) is 24.3 Å². The molecular formula is C24H29ClN4O. The molecule has 1 aromatic carbocycles. The lowest BCUT2D eigenvalue weighted by Gasteiger charge is -2.31. The summed E-state index contributed by atoms with van der Waals surface area (Å²) in [5, 5.41) is 10.3. The van der Waals surface area contributed by atoms with Gasteiger partial charge in [0.05, 0.1) is 16.6 Å². The molecule has 0 radical (unpaired) electrons. The van der Waals surface area contributed by atoms with Crippen LogP contribution in [0, 0.1) is 11.3 Å². The summed E-state index contributed by atoms with van der Waals surface area (Å²) in [6.07, 6.45) is 6.50. The van der Waals surface area contributed by atoms with Crippen LogP contribution < -0.4 is 4.90 Å². The van der Waals surface area contributed by atoms with E-state index in [1.165, 1.54) is 29.8 Å². The monoisotopic (exact) mass is 424 g/mol. The molecule has 4 heterocycles. The van der Waals surface area contributed by atoms with Crippen LogP contribution in [-0.4, -0.2) is 35.7 Å². The fraction of sp³-hybridized carbons (Fsp3) is 0.500. The number of nitriles is 1. The molecule has 6 heteroatoms. The predicted octanol–water partition coefficient (Wildman–Crippen LogP) is 5.23. The predicted molar refractivity (Wildman–Crippen MR) is 123 cm³/mol. The van der Waals surface area contributed by atoms with Crippen LogP contribution in [0.1, 0.15) is 61.6 Å². The van der Waals surface area contributed by atoms with Crippen molar-refractivity contribution in [2.45, 2.75) is 51.4 Å². The average molecular weight is 425 g/mol. The minimum atomic E-state index is 0. The molecule has 0 amide bonds. The number of halogens is 1. The summed E-state index contributed by atoms with van der Waals surface area (Å²) in [5.41, 5.74) is 6.31. The number of nitrogens with zero attached hydrogens (tertiary/aromatic N) is 4. The van der Waals surface area contributed by atoms with Gasteiger partial charge in [0.1, 0.15) is 11.9 Å². The summed E-state index contributed by atoms with van der Waals surface area (Å²) >= 11 is 0. The third-order valence-electron chi connectivity index (χ3n) is 6.51. The number of rotatable bonds is 4. The van der Waals surface area contributed by atoms with Gasteiger partial charge in [-0.25, -0.2) is 4.98 Å². The summed E-state index contributed by atoms with van der Waals surface area (Å²) in [5.74, 6) is 1.67. The number of hydrogen-bond acceptors (Lipinski definition) is 4. The molecular weight excluding hydrogens is 396 g/mol. The molecule has 158 valence electrons. The maximum atomic E-state index is 10.3. The zero-order valence-corrected chi connectivity index (χ0v) is 18.4. The first-order chi connectivity index (χ1) is 14.3. The molecule has 5 rings (SSSR count). The summed E-state index contributed by atoms with van der Waals surface area (Å²) in [7, 11) is 0. The SMILES string of the molecule is CCCc1c(C2CCOCC2)c(C#N)c2nc3ccccc3n2c1N1CCCC1.Cl. The fourth-order valence-corrected chi connectivity index (χ4v) is 5.24. The molecule has 0 unspecified atom stereocenters. The van der Waals surface area contributed by atoms with Crippen molar-refractivity contribution < 1.29 is 4.74 Å². The topological polar surface area (TPSA) is 53.6 Å². The molecule has 0 aliphatic carbocycles. The molecule has 30 heavy (non-hydrogen) atoms. The highest BCUT2D eigenvalue weighted by Crippen LogP contribution is 2.41. The zero-order chi connectivity index (χ0) is 19.8. The minimum Gasteiger partial charge on any atom is -0.381 e. The van der Waals surface area contributed by atoms with E-state index in [-0.39, 0.29) is 12.4 Å². The van der Waals surface area contributed by atoms with Crippen molar-refractivity contribution in [3.63, 3.8) is 0 Å². The van der Waals surface area contributed by atoms with Crippen molar-refractivity contribution in [1.29, 1.82) is 5.26 Å². The summed E-state index contributed by atoms with van der Waals surface area (Å²) in [4.78, 5) is 7.50. The van der Waals surface area contributed by atoms with Gasteiger partial charge >= 0.3 is 0 Å². The maximum absolute atomic E-state index is 10.3. The van der Waals surface area contributed by atoms with Gasteiger partial charge in [0.15, 0.2) is 5.65 Å². The number of para-hydroxylation sites is 2. The van der Waals surface area contributed by atoms with Gasteiger partial charge in [0.25, 0.3) is 0 Å². The number of ether oxygens (including phenoxy) is 1. The summed E-state index contributed by atoms with van der Waals surface area (Å²) < 4.78 is 7.93. The van der Waals surface area contributed by atoms with E-state index in [9.17, 15) is 5.26 Å². The van der Waals surface area contributed by atoms with Gasteiger partial charge in [-0.15, -0.1) is 12.4 Å². The second kappa shape index (κ2) is 8.83. The van der Waals surface area contributed by atoms with E-state index in [1.54, 1.807) is 0 Å². The highest BCUT2D eigenvalue weighted by atomic mass is 35.5. The Bertz CT molecular complexity index is 1090. The molecule has 2 aromatic heterocycles. The van der Waals surface area contributed by atoms with Gasteiger partial charge in [0.2, 0.25) is 0 Å². The lowest BCUT2D eigenvalue weighted by Crippen LogP contribution is -2.25. The van der Waals surface area contributed by atoms with Crippen LogP contribution >= 0.6 is 12.4 Å². The molecule has 3 aromatic rings. The number of fused-ring (bicyclic) bond motifs is 3. The second-order valence-corrected chi connectivity index (χ2v) is 8.29. The van der Waals surface area contributed by atoms with E-state index in [0.29, 0.717) is 5.92 Å². The second-order valence-electron chi connectivity index (χ2n) is 8.29. The maximum Gasteiger partial charge on any atom is 0.157 e. The van der Waals surface area contributed by atoms with Crippen LogP contribution in [0.3, 0.4) is 0 Å². The normalized spacial score (nSPS) is 17.4. The molecule has 0 bridgehead atoms. The number of imidazole rings is 1. The van der Waals surface area contributed by atoms with Gasteiger partial charge in [-0.1, -0.05) is 25.5 Å². The van der Waals surface area contributed by atoms with Crippen molar-refractivity contribution in [2.24, 2.45) is 0 Å². The molecule has 0 saturated carbocycles. The Labute approximate surface area is 184 Å². The van der Waals surface area contributed by atoms with Crippen molar-refractivity contribution in [3.05, 3.63) is 41.0 Å². The van der Waals surface area contributed by atoms with Crippen LogP contribution in [0.25, 0.3) is 16.7 Å². The highest BCUT2D eigenvalue weighted by molar-refractivity contribution is 5.86. The highest BCUT2D eigenvalue weighted by Gasteiger charge is 2.31. The van der Waals surface area contributed by atoms with E-state index >= 15 is 0 Å². The molecule has 2 saturated heterocycles. The van der Waals surface area contributed by atoms with Gasteiger partial charge in [-0.05, 0) is 61.3 Å². The van der Waals surface area contributed by atoms with E-state index in [0.717, 1.165) is 74.2 Å². The van der Waals surface area contributed by atoms with E-state index in [1.807, 2.05) is 6.07 Å². The molecule has 2 fully saturated rings. The Morgan fingerprint density at radius 2 is 1.90 bits per heavy atom. The Hall–Kier alpha value is -2.29. The van der Waals surface area contributed by atoms with Gasteiger partial charge < -0.3 is 9.64 Å². The Morgan fingerprint density at radius 3 is 2.60 bits per heavy atom. The number of hydrogen-bond donors (Lipinski definition) is 0. The number of pyridine rings is 1. The van der Waals surface area contributed by atoms with Crippen LogP contribution in [0.2, 0.25) is 0 Å². The number of anilines is 1. The standard InChI is InChI=1S/C24H28N4O.ClH/c1-2-7-18-22(17-10-14-29-15-11-17)19(16-25)23-26-20-8-3-4-9-21(20)28(23)24(18)27-12-5-6-13-27;/h3-4,8-9,17H,2,5-7,10-15H2,1H3;1H. The van der Waals surface area contributed by atoms with E-state index in [2.05, 4.69) is 40.5 Å². The van der Waals surface area contributed by atoms with Crippen molar-refractivity contribution >= 4 is 34.9 Å². The van der Waals surface area contributed by atoms with Crippen molar-refractivity contribution in [1.82, 2.24) is 9.38 Å². The van der Waals surface area contributed by atoms with Gasteiger partial charge in [-0.3, -0.25) is 4.40 Å². The lowest BCUT2D eigenvalue weighted by atomic mass is 9.84. The minimum absolute atomic E-state index is 0. The summed E-state index contributed by atoms with van der Waals surface area (Å²) in [6, 6.07) is 10.9. The van der Waals surface area contributed by atoms with Crippen LogP contribution in [0.5, 0.6) is 0 Å². The van der Waals surface area contributed by atoms with Gasteiger partial charge in [0, 0.05) is 26.3 Å². The Kier molecular flexibility index (Phi) is 6.17. The van der Waals surface area contributed by atoms with Crippen LogP contribution in [-0.2, 0) is 11.2 Å². The average Bonchev–Trinajstić information content (AvgIpc) is 3.42. The first-order valence-electron chi connectivity index (χ1n) is 11.0. The number of aromatic nitrogens is 2. The van der Waals surface area contributed by atoms with E-state index < -0.39 is 0 Å². The Morgan fingerprint density at radius 1 is 1.17 bits per heavy atom. The fourth-order valence-electron chi connectivity index (χ4n) is 5.24. The van der Waals surface area contributed by atoms with Crippen LogP contribution in [0.4, 0.5) is 5.82 Å². The first-order valence-corrected chi connectivity index (χ1v) is 11.0. The summed E-state index contributed by atoms with van der Waals surface area (Å²) in [6.45, 7) is 5.96. The Balaban J connectivity index is 0.00000218. The zero-order valence-electron chi connectivity index (χ0n) is 17.6. The molecule has 0 spiro atoms. The largest absolute Gasteiger partial charge is 0.381 e. The molecule has 2 aliphatic rings. The quantitative estimate of drug-likeness (QED) is 0.575. The number of benzene rings is 1. The van der Waals surface area contributed by atoms with Crippen molar-refractivity contribution in [2.75, 3.05) is 31.2 Å². The van der Waals surface area contributed by atoms with E-state index in [4.69, 9.17) is 9.72 Å². The van der Waals surface area contributed by atoms with Crippen molar-refractivity contribution in [3.8, 4) is 6.07 Å². The first kappa shape index (κ1) is 21.0. The lowest BCUT2D eigenvalue weighted by molar-refractivity contribution is 0.0851. The third kappa shape index (κ3) is 3.33. The molecule has 0 N–H and O–H groups in total. The molecule has 2 aliphatic heterocycles. The third-order valence-corrected chi connectivity index (χ3v) is 6.51. The molecule has 5 nitrogen and oxygen atoms in total. The smallest absolute Gasteiger partial charge is 0.157 e. The van der Waals surface area contributed by atoms with Gasteiger partial charge in [-0.2, -0.15) is 5.26 Å².